The summed E-state index contributed by atoms with van der Waals surface area (Å²) < 4.78 is 5.73. The Labute approximate surface area is 145 Å². The van der Waals surface area contributed by atoms with Gasteiger partial charge in [0.25, 0.3) is 0 Å². The van der Waals surface area contributed by atoms with Gasteiger partial charge in [-0.15, -0.1) is 0 Å². The highest BCUT2D eigenvalue weighted by Gasteiger charge is 2.11. The standard InChI is InChI=1S/C19H21N3O3/c1-2-14(11-12-23)20-19(24)21-15-9-7-13(8-10-15)18-22-16-5-3-4-6-17(16)25-18/h3-10,14,23H,2,11-12H2,1H3,(H2,20,21,24). The maximum atomic E-state index is 12.0. The molecule has 0 aliphatic heterocycles. The van der Waals surface area contributed by atoms with Crippen molar-refractivity contribution < 1.29 is 14.3 Å². The van der Waals surface area contributed by atoms with Crippen molar-refractivity contribution in [2.24, 2.45) is 0 Å². The van der Waals surface area contributed by atoms with Gasteiger partial charge >= 0.3 is 6.03 Å². The fourth-order valence-corrected chi connectivity index (χ4v) is 2.58. The van der Waals surface area contributed by atoms with Gasteiger partial charge in [0, 0.05) is 23.9 Å². The second-order valence-electron chi connectivity index (χ2n) is 5.78. The molecule has 1 atom stereocenters. The van der Waals surface area contributed by atoms with Crippen molar-refractivity contribution in [3.8, 4) is 11.5 Å². The summed E-state index contributed by atoms with van der Waals surface area (Å²) in [6.07, 6.45) is 1.31. The van der Waals surface area contributed by atoms with E-state index in [2.05, 4.69) is 15.6 Å². The number of hydrogen-bond acceptors (Lipinski definition) is 4. The van der Waals surface area contributed by atoms with Crippen LogP contribution in [0.2, 0.25) is 0 Å². The van der Waals surface area contributed by atoms with Crippen LogP contribution in [-0.4, -0.2) is 28.8 Å². The second kappa shape index (κ2) is 7.81. The van der Waals surface area contributed by atoms with Gasteiger partial charge < -0.3 is 20.2 Å². The highest BCUT2D eigenvalue weighted by molar-refractivity contribution is 5.89. The van der Waals surface area contributed by atoms with Crippen LogP contribution in [0.1, 0.15) is 19.8 Å². The first-order valence-electron chi connectivity index (χ1n) is 8.34. The molecule has 0 fully saturated rings. The number of aliphatic hydroxyl groups is 1. The summed E-state index contributed by atoms with van der Waals surface area (Å²) >= 11 is 0. The van der Waals surface area contributed by atoms with E-state index in [9.17, 15) is 4.79 Å². The van der Waals surface area contributed by atoms with Crippen molar-refractivity contribution in [3.63, 3.8) is 0 Å². The van der Waals surface area contributed by atoms with Gasteiger partial charge in [-0.25, -0.2) is 9.78 Å². The molecule has 1 heterocycles. The highest BCUT2D eigenvalue weighted by atomic mass is 16.3. The Morgan fingerprint density at radius 3 is 2.64 bits per heavy atom. The molecule has 0 aliphatic carbocycles. The molecule has 1 unspecified atom stereocenters. The molecule has 130 valence electrons. The number of anilines is 1. The number of para-hydroxylation sites is 2. The lowest BCUT2D eigenvalue weighted by Crippen LogP contribution is -2.38. The summed E-state index contributed by atoms with van der Waals surface area (Å²) in [7, 11) is 0. The van der Waals surface area contributed by atoms with Crippen LogP contribution in [0.5, 0.6) is 0 Å². The first-order valence-corrected chi connectivity index (χ1v) is 8.34. The van der Waals surface area contributed by atoms with Gasteiger partial charge in [0.15, 0.2) is 5.58 Å². The molecule has 3 aromatic rings. The van der Waals surface area contributed by atoms with E-state index in [1.165, 1.54) is 0 Å². The molecule has 0 bridgehead atoms. The van der Waals surface area contributed by atoms with Gasteiger partial charge in [0.1, 0.15) is 5.52 Å². The maximum absolute atomic E-state index is 12.0. The van der Waals surface area contributed by atoms with Crippen molar-refractivity contribution in [3.05, 3.63) is 48.5 Å². The van der Waals surface area contributed by atoms with Gasteiger partial charge in [-0.1, -0.05) is 19.1 Å². The summed E-state index contributed by atoms with van der Waals surface area (Å²) in [5.74, 6) is 0.547. The number of nitrogens with one attached hydrogen (secondary N) is 2. The van der Waals surface area contributed by atoms with Crippen LogP contribution in [0.15, 0.2) is 52.9 Å². The molecular weight excluding hydrogens is 318 g/mol. The molecule has 0 aliphatic rings. The van der Waals surface area contributed by atoms with E-state index in [1.807, 2.05) is 43.3 Å². The number of aromatic nitrogens is 1. The molecule has 1 aromatic heterocycles. The Morgan fingerprint density at radius 2 is 1.96 bits per heavy atom. The van der Waals surface area contributed by atoms with Crippen molar-refractivity contribution in [1.82, 2.24) is 10.3 Å². The number of nitrogens with zero attached hydrogens (tertiary/aromatic N) is 1. The van der Waals surface area contributed by atoms with E-state index < -0.39 is 0 Å². The van der Waals surface area contributed by atoms with Crippen molar-refractivity contribution in [2.45, 2.75) is 25.8 Å². The number of hydrogen-bond donors (Lipinski definition) is 3. The van der Waals surface area contributed by atoms with Crippen molar-refractivity contribution in [1.29, 1.82) is 0 Å². The van der Waals surface area contributed by atoms with Crippen LogP contribution in [0, 0.1) is 0 Å². The fourth-order valence-electron chi connectivity index (χ4n) is 2.58. The summed E-state index contributed by atoms with van der Waals surface area (Å²) in [5, 5.41) is 14.6. The Hall–Kier alpha value is -2.86. The lowest BCUT2D eigenvalue weighted by Gasteiger charge is -2.16. The number of benzene rings is 2. The number of oxazole rings is 1. The molecule has 0 saturated heterocycles. The van der Waals surface area contributed by atoms with Gasteiger partial charge in [0.2, 0.25) is 5.89 Å². The minimum Gasteiger partial charge on any atom is -0.436 e. The second-order valence-corrected chi connectivity index (χ2v) is 5.78. The molecule has 6 heteroatoms. The van der Waals surface area contributed by atoms with Gasteiger partial charge in [-0.05, 0) is 49.2 Å². The molecule has 2 aromatic carbocycles. The van der Waals surface area contributed by atoms with Crippen LogP contribution < -0.4 is 10.6 Å². The number of carbonyl (C=O) groups is 1. The average molecular weight is 339 g/mol. The smallest absolute Gasteiger partial charge is 0.319 e. The van der Waals surface area contributed by atoms with E-state index in [0.29, 0.717) is 18.0 Å². The van der Waals surface area contributed by atoms with Crippen LogP contribution in [0.25, 0.3) is 22.6 Å². The first kappa shape index (κ1) is 17.0. The van der Waals surface area contributed by atoms with E-state index >= 15 is 0 Å². The van der Waals surface area contributed by atoms with Crippen molar-refractivity contribution in [2.75, 3.05) is 11.9 Å². The molecule has 25 heavy (non-hydrogen) atoms. The number of rotatable bonds is 6. The quantitative estimate of drug-likeness (QED) is 0.638. The largest absolute Gasteiger partial charge is 0.436 e. The van der Waals surface area contributed by atoms with Crippen LogP contribution in [0.4, 0.5) is 10.5 Å². The molecular formula is C19H21N3O3. The third-order valence-electron chi connectivity index (χ3n) is 3.99. The summed E-state index contributed by atoms with van der Waals surface area (Å²) in [5.41, 5.74) is 3.08. The number of fused-ring (bicyclic) bond motifs is 1. The minimum absolute atomic E-state index is 0.0379. The Bertz CT molecular complexity index is 810. The maximum Gasteiger partial charge on any atom is 0.319 e. The molecule has 2 amide bonds. The van der Waals surface area contributed by atoms with Gasteiger partial charge in [-0.3, -0.25) is 0 Å². The zero-order valence-electron chi connectivity index (χ0n) is 14.0. The molecule has 0 spiro atoms. The average Bonchev–Trinajstić information content (AvgIpc) is 3.06. The van der Waals surface area contributed by atoms with Crippen LogP contribution >= 0.6 is 0 Å². The molecule has 3 rings (SSSR count). The summed E-state index contributed by atoms with van der Waals surface area (Å²) in [6.45, 7) is 2.02. The minimum atomic E-state index is -0.282. The SMILES string of the molecule is CCC(CCO)NC(=O)Nc1ccc(-c2nc3ccccc3o2)cc1. The van der Waals surface area contributed by atoms with E-state index in [0.717, 1.165) is 23.1 Å². The number of carbonyl (C=O) groups excluding carboxylic acids is 1. The lowest BCUT2D eigenvalue weighted by molar-refractivity contribution is 0.237. The zero-order chi connectivity index (χ0) is 17.6. The highest BCUT2D eigenvalue weighted by Crippen LogP contribution is 2.25. The topological polar surface area (TPSA) is 87.4 Å². The van der Waals surface area contributed by atoms with Crippen LogP contribution in [-0.2, 0) is 0 Å². The summed E-state index contributed by atoms with van der Waals surface area (Å²) in [6, 6.07) is 14.6. The Morgan fingerprint density at radius 1 is 1.20 bits per heavy atom. The van der Waals surface area contributed by atoms with E-state index in [-0.39, 0.29) is 18.7 Å². The first-order chi connectivity index (χ1) is 12.2. The number of urea groups is 1. The number of amides is 2. The normalized spacial score (nSPS) is 12.1. The van der Waals surface area contributed by atoms with Crippen LogP contribution in [0.3, 0.4) is 0 Å². The van der Waals surface area contributed by atoms with E-state index in [1.54, 1.807) is 12.1 Å². The Balaban J connectivity index is 1.66. The summed E-state index contributed by atoms with van der Waals surface area (Å²) in [4.78, 5) is 16.4. The third-order valence-corrected chi connectivity index (χ3v) is 3.99. The molecule has 0 saturated carbocycles. The van der Waals surface area contributed by atoms with Crippen molar-refractivity contribution >= 4 is 22.8 Å². The van der Waals surface area contributed by atoms with E-state index in [4.69, 9.17) is 9.52 Å². The molecule has 6 nitrogen and oxygen atoms in total. The predicted molar refractivity (Wildman–Crippen MR) is 97.4 cm³/mol. The lowest BCUT2D eigenvalue weighted by atomic mass is 10.1. The monoisotopic (exact) mass is 339 g/mol. The third kappa shape index (κ3) is 4.16. The Kier molecular flexibility index (Phi) is 5.30. The zero-order valence-corrected chi connectivity index (χ0v) is 14.0. The number of aliphatic hydroxyl groups excluding tert-OH is 1. The van der Waals surface area contributed by atoms with Gasteiger partial charge in [0.05, 0.1) is 0 Å². The predicted octanol–water partition coefficient (Wildman–Crippen LogP) is 3.78. The fraction of sp³-hybridized carbons (Fsp3) is 0.263. The van der Waals surface area contributed by atoms with Gasteiger partial charge in [-0.2, -0.15) is 0 Å². The molecule has 0 radical (unpaired) electrons. The molecule has 3 N–H and O–H groups in total.